The molecular formula is C137H108N4. The topological polar surface area (TPSA) is 13.0 Å². The van der Waals surface area contributed by atoms with Gasteiger partial charge in [0.1, 0.15) is 0 Å². The summed E-state index contributed by atoms with van der Waals surface area (Å²) in [7, 11) is 0. The van der Waals surface area contributed by atoms with Crippen LogP contribution in [-0.2, 0) is 5.41 Å². The van der Waals surface area contributed by atoms with E-state index in [1.54, 1.807) is 0 Å². The van der Waals surface area contributed by atoms with Crippen molar-refractivity contribution in [3.8, 4) is 22.3 Å². The van der Waals surface area contributed by atoms with Crippen LogP contribution in [0.25, 0.3) is 68.9 Å². The normalized spacial score (nSPS) is 12.5. The van der Waals surface area contributed by atoms with Crippen molar-refractivity contribution in [1.82, 2.24) is 0 Å². The first kappa shape index (κ1) is 88.8. The molecule has 0 saturated heterocycles. The lowest BCUT2D eigenvalue weighted by Gasteiger charge is -2.35. The van der Waals surface area contributed by atoms with E-state index in [1.165, 1.54) is 66.8 Å². The van der Waals surface area contributed by atoms with Crippen molar-refractivity contribution in [3.63, 3.8) is 0 Å². The van der Waals surface area contributed by atoms with E-state index in [0.29, 0.717) is 0 Å². The van der Waals surface area contributed by atoms with Gasteiger partial charge in [0.2, 0.25) is 0 Å². The Morgan fingerprint density at radius 2 is 0.291 bits per heavy atom. The van der Waals surface area contributed by atoms with Crippen LogP contribution in [0.15, 0.2) is 485 Å². The summed E-state index contributed by atoms with van der Waals surface area (Å²) in [4.78, 5) is 9.90. The van der Waals surface area contributed by atoms with Crippen LogP contribution >= 0.6 is 0 Å². The summed E-state index contributed by atoms with van der Waals surface area (Å²) in [5.41, 5.74) is 48.6. The van der Waals surface area contributed by atoms with Crippen molar-refractivity contribution in [2.24, 2.45) is 0 Å². The number of nitrogens with zero attached hydrogens (tertiary/aromatic N) is 4. The molecule has 0 bridgehead atoms. The van der Waals surface area contributed by atoms with Crippen LogP contribution in [0.2, 0.25) is 0 Å². The van der Waals surface area contributed by atoms with Gasteiger partial charge in [-0.25, -0.2) is 0 Å². The third-order valence-corrected chi connectivity index (χ3v) is 28.0. The van der Waals surface area contributed by atoms with Crippen molar-refractivity contribution in [3.05, 3.63) is 619 Å². The van der Waals surface area contributed by atoms with E-state index in [0.717, 1.165) is 180 Å². The van der Waals surface area contributed by atoms with E-state index in [1.807, 2.05) is 0 Å². The molecule has 0 heterocycles. The first-order chi connectivity index (χ1) is 69.1. The second-order valence-corrected chi connectivity index (χ2v) is 37.9. The number of benzene rings is 20. The van der Waals surface area contributed by atoms with Gasteiger partial charge in [-0.2, -0.15) is 0 Å². The maximum absolute atomic E-state index is 2.56. The summed E-state index contributed by atoms with van der Waals surface area (Å²) in [6, 6.07) is 181. The number of fused-ring (bicyclic) bond motifs is 10. The molecule has 4 heteroatoms. The van der Waals surface area contributed by atoms with Gasteiger partial charge in [-0.05, 0) is 359 Å². The van der Waals surface area contributed by atoms with Crippen LogP contribution in [0.3, 0.4) is 0 Å². The lowest BCUT2D eigenvalue weighted by Crippen LogP contribution is -2.27. The first-order valence-electron chi connectivity index (χ1n) is 48.9. The van der Waals surface area contributed by atoms with Crippen molar-refractivity contribution < 1.29 is 0 Å². The zero-order valence-electron chi connectivity index (χ0n) is 80.8. The molecule has 0 atom stereocenters. The van der Waals surface area contributed by atoms with Crippen LogP contribution < -0.4 is 19.6 Å². The first-order valence-corrected chi connectivity index (χ1v) is 48.9. The number of anilines is 12. The Balaban J connectivity index is 0.786. The Bertz CT molecular complexity index is 7100. The van der Waals surface area contributed by atoms with E-state index in [-0.39, 0.29) is 0 Å². The van der Waals surface area contributed by atoms with E-state index >= 15 is 0 Å². The lowest BCUT2D eigenvalue weighted by molar-refractivity contribution is 0.793. The Hall–Kier alpha value is -17.4. The molecule has 0 N–H and O–H groups in total. The molecule has 676 valence electrons. The van der Waals surface area contributed by atoms with Crippen molar-refractivity contribution >= 4 is 115 Å². The Morgan fingerprint density at radius 1 is 0.149 bits per heavy atom. The molecule has 141 heavy (non-hydrogen) atoms. The van der Waals surface area contributed by atoms with E-state index in [9.17, 15) is 0 Å². The van der Waals surface area contributed by atoms with Gasteiger partial charge in [-0.15, -0.1) is 0 Å². The van der Waals surface area contributed by atoms with Crippen molar-refractivity contribution in [1.29, 1.82) is 0 Å². The minimum atomic E-state index is -1.04. The standard InChI is InChI=1S/C137H108N4/c1-93-29-53-109(54-30-93)129(105-21-13-9-14-22-105)85-101-45-69-117(70-46-101)138(113-61-37-97(5)38-62-113)121-77-81-125-126-82-78-122(139(114-63-39-98(6)40-64-114)118-71-47-102(48-72-118)86-130(106-23-15-10-16-24-106)110-55-31-94(2)32-56-110)90-134(126)137(133(125)89-121)135-91-123(140(115-65-41-99(7)42-66-115)119-73-49-103(50-74-119)87-131(107-25-17-11-18-26-107)111-57-33-95(3)34-58-111)79-83-127(135)128-84-80-124(92-136(128)137)141(116-67-43-100(8)44-68-116)120-75-51-104(52-76-120)88-132(108-27-19-12-20-28-108)112-59-35-96(4)36-60-112/h9-92H,1-8H3/b129-85+,130-86+,131-87+,132-88+. The van der Waals surface area contributed by atoms with Gasteiger partial charge in [0.15, 0.2) is 0 Å². The summed E-state index contributed by atoms with van der Waals surface area (Å²) in [6.07, 6.45) is 9.36. The van der Waals surface area contributed by atoms with Crippen molar-refractivity contribution in [2.45, 2.75) is 60.8 Å². The molecule has 4 nitrogen and oxygen atoms in total. The fourth-order valence-electron chi connectivity index (χ4n) is 20.6. The fraction of sp³-hybridized carbons (Fsp3) is 0.0657. The maximum Gasteiger partial charge on any atom is 0.0728 e. The number of aryl methyl sites for hydroxylation is 8. The Kier molecular flexibility index (Phi) is 24.3. The molecule has 0 fully saturated rings. The van der Waals surface area contributed by atoms with Crippen LogP contribution in [0.5, 0.6) is 0 Å². The predicted octanol–water partition coefficient (Wildman–Crippen LogP) is 36.7. The van der Waals surface area contributed by atoms with Gasteiger partial charge >= 0.3 is 0 Å². The molecule has 0 radical (unpaired) electrons. The smallest absolute Gasteiger partial charge is 0.0728 e. The summed E-state index contributed by atoms with van der Waals surface area (Å²) in [6.45, 7) is 17.3. The third kappa shape index (κ3) is 18.0. The zero-order chi connectivity index (χ0) is 95.6. The second kappa shape index (κ2) is 38.6. The van der Waals surface area contributed by atoms with Crippen LogP contribution in [0.4, 0.5) is 68.2 Å². The minimum absolute atomic E-state index is 1.02. The van der Waals surface area contributed by atoms with E-state index in [4.69, 9.17) is 0 Å². The molecule has 0 aliphatic heterocycles. The lowest BCUT2D eigenvalue weighted by atomic mass is 9.70. The highest BCUT2D eigenvalue weighted by atomic mass is 15.2. The van der Waals surface area contributed by atoms with Crippen molar-refractivity contribution in [2.75, 3.05) is 19.6 Å². The number of hydrogen-bond acceptors (Lipinski definition) is 4. The van der Waals surface area contributed by atoms with Crippen LogP contribution in [-0.4, -0.2) is 0 Å². The molecule has 22 rings (SSSR count). The Labute approximate surface area is 830 Å². The highest BCUT2D eigenvalue weighted by Gasteiger charge is 2.53. The van der Waals surface area contributed by atoms with Gasteiger partial charge < -0.3 is 19.6 Å². The average molecular weight is 1810 g/mol. The second-order valence-electron chi connectivity index (χ2n) is 37.9. The average Bonchev–Trinajstić information content (AvgIpc) is 1.50. The SMILES string of the molecule is Cc1ccc(/C(=C/c2ccc(N(c3ccc(C)cc3)c3ccc4c(c3)C3(c5cc(N(c6ccc(C)cc6)c6ccc(/C=C(\c7ccccc7)c7ccc(C)cc7)cc6)ccc5-4)c4cc(N(c5ccc(C)cc5)c5ccc(/C=C(\c6ccccc6)c6ccc(C)cc6)cc5)ccc4-c4ccc(N(c5ccc(C)cc5)c5ccc(/C=C(\c6ccccc6)c6ccc(C)cc6)cc5)cc43)cc2)c2ccccc2)cc1. The molecule has 20 aromatic rings. The minimum Gasteiger partial charge on any atom is -0.310 e. The molecular weight excluding hydrogens is 1700 g/mol. The number of hydrogen-bond donors (Lipinski definition) is 0. The van der Waals surface area contributed by atoms with Crippen LogP contribution in [0, 0.1) is 55.4 Å². The largest absolute Gasteiger partial charge is 0.310 e. The maximum atomic E-state index is 2.56. The summed E-state index contributed by atoms with van der Waals surface area (Å²) in [5.74, 6) is 0. The number of rotatable bonds is 24. The van der Waals surface area contributed by atoms with Gasteiger partial charge in [0, 0.05) is 68.2 Å². The molecule has 2 aliphatic carbocycles. The molecule has 0 aromatic heterocycles. The monoisotopic (exact) mass is 1810 g/mol. The van der Waals surface area contributed by atoms with E-state index in [2.05, 4.69) is 585 Å². The van der Waals surface area contributed by atoms with Gasteiger partial charge in [0.05, 0.1) is 5.41 Å². The predicted molar refractivity (Wildman–Crippen MR) is 599 cm³/mol. The van der Waals surface area contributed by atoms with E-state index < -0.39 is 5.41 Å². The summed E-state index contributed by atoms with van der Waals surface area (Å²) in [5, 5.41) is 0. The summed E-state index contributed by atoms with van der Waals surface area (Å²) >= 11 is 0. The van der Waals surface area contributed by atoms with Crippen LogP contribution in [0.1, 0.15) is 134 Å². The molecule has 1 spiro atoms. The van der Waals surface area contributed by atoms with Gasteiger partial charge in [0.25, 0.3) is 0 Å². The quantitative estimate of drug-likeness (QED) is 0.0559. The highest BCUT2D eigenvalue weighted by Crippen LogP contribution is 2.66. The fourth-order valence-corrected chi connectivity index (χ4v) is 20.6. The molecule has 20 aromatic carbocycles. The van der Waals surface area contributed by atoms with Gasteiger partial charge in [-0.1, -0.05) is 384 Å². The highest BCUT2D eigenvalue weighted by molar-refractivity contribution is 6.02. The third-order valence-electron chi connectivity index (χ3n) is 28.0. The molecule has 0 unspecified atom stereocenters. The van der Waals surface area contributed by atoms with Gasteiger partial charge in [-0.3, -0.25) is 0 Å². The molecule has 0 amide bonds. The summed E-state index contributed by atoms with van der Waals surface area (Å²) < 4.78 is 0. The molecule has 2 aliphatic rings. The Morgan fingerprint density at radius 3 is 0.461 bits per heavy atom. The molecule has 0 saturated carbocycles. The zero-order valence-corrected chi connectivity index (χ0v) is 80.8.